The quantitative estimate of drug-likeness (QED) is 0.684. The van der Waals surface area contributed by atoms with E-state index in [1.54, 1.807) is 20.2 Å². The Labute approximate surface area is 95.1 Å². The molecule has 1 unspecified atom stereocenters. The molecule has 0 saturated heterocycles. The molecule has 3 N–H and O–H groups in total. The highest BCUT2D eigenvalue weighted by Crippen LogP contribution is 2.23. The summed E-state index contributed by atoms with van der Waals surface area (Å²) in [6.07, 6.45) is 1.62. The molecule has 0 aliphatic heterocycles. The Morgan fingerprint density at radius 2 is 2.25 bits per heavy atom. The van der Waals surface area contributed by atoms with E-state index in [9.17, 15) is 5.11 Å². The Morgan fingerprint density at radius 3 is 2.81 bits per heavy atom. The van der Waals surface area contributed by atoms with Crippen molar-refractivity contribution in [2.75, 3.05) is 25.6 Å². The summed E-state index contributed by atoms with van der Waals surface area (Å²) in [6.45, 7) is 3.37. The van der Waals surface area contributed by atoms with Gasteiger partial charge in [-0.1, -0.05) is 0 Å². The summed E-state index contributed by atoms with van der Waals surface area (Å²) in [4.78, 5) is 4.10. The molecule has 1 aromatic heterocycles. The zero-order valence-corrected chi connectivity index (χ0v) is 9.82. The van der Waals surface area contributed by atoms with Crippen molar-refractivity contribution in [1.29, 1.82) is 0 Å². The molecule has 5 nitrogen and oxygen atoms in total. The number of aliphatic hydroxyl groups is 2. The van der Waals surface area contributed by atoms with Gasteiger partial charge in [0.25, 0.3) is 0 Å². The van der Waals surface area contributed by atoms with Crippen LogP contribution in [0.3, 0.4) is 0 Å². The van der Waals surface area contributed by atoms with Gasteiger partial charge in [0, 0.05) is 12.2 Å². The Balaban J connectivity index is 2.76. The summed E-state index contributed by atoms with van der Waals surface area (Å²) < 4.78 is 5.13. The molecule has 0 spiro atoms. The van der Waals surface area contributed by atoms with Gasteiger partial charge in [-0.2, -0.15) is 0 Å². The van der Waals surface area contributed by atoms with Crippen molar-refractivity contribution in [3.05, 3.63) is 18.0 Å². The Bertz CT molecular complexity index is 353. The van der Waals surface area contributed by atoms with E-state index in [1.807, 2.05) is 13.0 Å². The third-order valence-corrected chi connectivity index (χ3v) is 2.22. The molecular weight excluding hydrogens is 208 g/mol. The number of pyridine rings is 1. The van der Waals surface area contributed by atoms with Crippen LogP contribution in [0, 0.1) is 6.92 Å². The van der Waals surface area contributed by atoms with Crippen LogP contribution in [0.4, 0.5) is 5.69 Å². The van der Waals surface area contributed by atoms with Crippen LogP contribution in [0.25, 0.3) is 0 Å². The predicted octanol–water partition coefficient (Wildman–Crippen LogP) is 0.554. The minimum Gasteiger partial charge on any atom is -0.493 e. The average molecular weight is 226 g/mol. The fraction of sp³-hybridized carbons (Fsp3) is 0.545. The monoisotopic (exact) mass is 226 g/mol. The fourth-order valence-electron chi connectivity index (χ4n) is 1.19. The predicted molar refractivity (Wildman–Crippen MR) is 61.7 cm³/mol. The molecule has 0 aliphatic carbocycles. The second kappa shape index (κ2) is 5.14. The molecule has 0 amide bonds. The molecule has 1 rings (SSSR count). The number of aromatic nitrogens is 1. The van der Waals surface area contributed by atoms with E-state index in [4.69, 9.17) is 9.84 Å². The topological polar surface area (TPSA) is 74.6 Å². The largest absolute Gasteiger partial charge is 0.493 e. The normalized spacial score (nSPS) is 14.3. The van der Waals surface area contributed by atoms with Crippen molar-refractivity contribution in [3.8, 4) is 5.75 Å². The van der Waals surface area contributed by atoms with E-state index in [0.717, 1.165) is 11.4 Å². The molecule has 5 heteroatoms. The first-order valence-corrected chi connectivity index (χ1v) is 5.06. The minimum atomic E-state index is -1.15. The van der Waals surface area contributed by atoms with Gasteiger partial charge in [0.15, 0.2) is 5.75 Å². The molecule has 0 fully saturated rings. The summed E-state index contributed by atoms with van der Waals surface area (Å²) in [5, 5.41) is 21.6. The standard InChI is InChI=1S/C11H18N2O3/c1-8-4-9(10(16-3)5-12-8)13-6-11(2,15)7-14/h4-5,14-15H,6-7H2,1-3H3,(H,12,13). The molecule has 1 aromatic rings. The fourth-order valence-corrected chi connectivity index (χ4v) is 1.19. The van der Waals surface area contributed by atoms with E-state index in [2.05, 4.69) is 10.3 Å². The van der Waals surface area contributed by atoms with Gasteiger partial charge in [0.1, 0.15) is 5.60 Å². The molecule has 0 aliphatic rings. The Hall–Kier alpha value is -1.33. The number of methoxy groups -OCH3 is 1. The van der Waals surface area contributed by atoms with Crippen LogP contribution >= 0.6 is 0 Å². The van der Waals surface area contributed by atoms with E-state index in [-0.39, 0.29) is 13.2 Å². The molecule has 90 valence electrons. The van der Waals surface area contributed by atoms with Gasteiger partial charge >= 0.3 is 0 Å². The summed E-state index contributed by atoms with van der Waals surface area (Å²) in [7, 11) is 1.56. The van der Waals surface area contributed by atoms with Crippen LogP contribution in [-0.2, 0) is 0 Å². The minimum absolute atomic E-state index is 0.239. The van der Waals surface area contributed by atoms with E-state index >= 15 is 0 Å². The molecule has 0 bridgehead atoms. The maximum atomic E-state index is 9.65. The van der Waals surface area contributed by atoms with Gasteiger partial charge in [-0.25, -0.2) is 0 Å². The molecule has 16 heavy (non-hydrogen) atoms. The number of nitrogens with zero attached hydrogens (tertiary/aromatic N) is 1. The first kappa shape index (κ1) is 12.7. The second-order valence-corrected chi connectivity index (χ2v) is 4.03. The van der Waals surface area contributed by atoms with Gasteiger partial charge in [-0.05, 0) is 19.9 Å². The van der Waals surface area contributed by atoms with E-state index in [0.29, 0.717) is 5.75 Å². The number of hydrogen-bond donors (Lipinski definition) is 3. The molecule has 0 radical (unpaired) electrons. The highest BCUT2D eigenvalue weighted by molar-refractivity contribution is 5.56. The summed E-state index contributed by atoms with van der Waals surface area (Å²) in [5.41, 5.74) is 0.456. The smallest absolute Gasteiger partial charge is 0.160 e. The number of hydrogen-bond acceptors (Lipinski definition) is 5. The van der Waals surface area contributed by atoms with Gasteiger partial charge in [0.05, 0.1) is 25.6 Å². The number of aliphatic hydroxyl groups excluding tert-OH is 1. The Morgan fingerprint density at radius 1 is 1.56 bits per heavy atom. The van der Waals surface area contributed by atoms with Crippen molar-refractivity contribution < 1.29 is 14.9 Å². The lowest BCUT2D eigenvalue weighted by molar-refractivity contribution is 0.0132. The highest BCUT2D eigenvalue weighted by atomic mass is 16.5. The van der Waals surface area contributed by atoms with E-state index in [1.165, 1.54) is 0 Å². The third kappa shape index (κ3) is 3.36. The van der Waals surface area contributed by atoms with Crippen molar-refractivity contribution in [1.82, 2.24) is 4.98 Å². The number of nitrogens with one attached hydrogen (secondary N) is 1. The number of aryl methyl sites for hydroxylation is 1. The highest BCUT2D eigenvalue weighted by Gasteiger charge is 2.19. The number of anilines is 1. The molecule has 1 heterocycles. The molecule has 1 atom stereocenters. The van der Waals surface area contributed by atoms with Gasteiger partial charge in [0.2, 0.25) is 0 Å². The molecule has 0 saturated carbocycles. The molecular formula is C11H18N2O3. The number of rotatable bonds is 5. The van der Waals surface area contributed by atoms with Gasteiger partial charge < -0.3 is 20.3 Å². The maximum absolute atomic E-state index is 9.65. The van der Waals surface area contributed by atoms with Crippen LogP contribution in [0.1, 0.15) is 12.6 Å². The van der Waals surface area contributed by atoms with Crippen LogP contribution < -0.4 is 10.1 Å². The first-order chi connectivity index (χ1) is 7.48. The number of ether oxygens (including phenoxy) is 1. The zero-order valence-electron chi connectivity index (χ0n) is 9.82. The van der Waals surface area contributed by atoms with Gasteiger partial charge in [-0.3, -0.25) is 4.98 Å². The lowest BCUT2D eigenvalue weighted by Crippen LogP contribution is -2.37. The van der Waals surface area contributed by atoms with Crippen LogP contribution in [0.15, 0.2) is 12.3 Å². The van der Waals surface area contributed by atoms with Crippen LogP contribution in [-0.4, -0.2) is 41.1 Å². The first-order valence-electron chi connectivity index (χ1n) is 5.06. The lowest BCUT2D eigenvalue weighted by Gasteiger charge is -2.22. The average Bonchev–Trinajstić information content (AvgIpc) is 2.27. The zero-order chi connectivity index (χ0) is 12.2. The van der Waals surface area contributed by atoms with Crippen molar-refractivity contribution in [2.24, 2.45) is 0 Å². The lowest BCUT2D eigenvalue weighted by atomic mass is 10.1. The van der Waals surface area contributed by atoms with Crippen molar-refractivity contribution in [3.63, 3.8) is 0 Å². The van der Waals surface area contributed by atoms with Crippen molar-refractivity contribution in [2.45, 2.75) is 19.4 Å². The van der Waals surface area contributed by atoms with Crippen molar-refractivity contribution >= 4 is 5.69 Å². The maximum Gasteiger partial charge on any atom is 0.160 e. The SMILES string of the molecule is COc1cnc(C)cc1NCC(C)(O)CO. The summed E-state index contributed by atoms with van der Waals surface area (Å²) >= 11 is 0. The summed E-state index contributed by atoms with van der Waals surface area (Å²) in [5.74, 6) is 0.610. The molecule has 0 aromatic carbocycles. The van der Waals surface area contributed by atoms with Gasteiger partial charge in [-0.15, -0.1) is 0 Å². The second-order valence-electron chi connectivity index (χ2n) is 4.03. The van der Waals surface area contributed by atoms with E-state index < -0.39 is 5.60 Å². The third-order valence-electron chi connectivity index (χ3n) is 2.22. The summed E-state index contributed by atoms with van der Waals surface area (Å²) in [6, 6.07) is 1.83. The van der Waals surface area contributed by atoms with Crippen LogP contribution in [0.2, 0.25) is 0 Å². The Kier molecular flexibility index (Phi) is 4.09. The van der Waals surface area contributed by atoms with Crippen LogP contribution in [0.5, 0.6) is 5.75 Å².